The minimum Gasteiger partial charge on any atom is -0.496 e. The molecule has 0 atom stereocenters. The van der Waals surface area contributed by atoms with Gasteiger partial charge < -0.3 is 10.5 Å². The number of nitrogen functional groups attached to an aromatic ring is 1. The highest BCUT2D eigenvalue weighted by atomic mass is 35.5. The van der Waals surface area contributed by atoms with Crippen LogP contribution in [0.1, 0.15) is 5.56 Å². The van der Waals surface area contributed by atoms with Crippen LogP contribution in [-0.4, -0.2) is 12.1 Å². The van der Waals surface area contributed by atoms with E-state index in [4.69, 9.17) is 33.7 Å². The Morgan fingerprint density at radius 2 is 2.05 bits per heavy atom. The first-order valence-corrected chi connectivity index (χ1v) is 7.21. The van der Waals surface area contributed by atoms with Crippen LogP contribution in [0.15, 0.2) is 35.2 Å². The number of hydrogen-bond donors (Lipinski definition) is 1. The number of hydrogen-bond acceptors (Lipinski definition) is 4. The number of anilines is 1. The van der Waals surface area contributed by atoms with Gasteiger partial charge in [-0.25, -0.2) is 4.98 Å². The number of ether oxygens (including phenoxy) is 1. The molecule has 2 N–H and O–H groups in total. The zero-order valence-corrected chi connectivity index (χ0v) is 12.5. The second-order valence-corrected chi connectivity index (χ2v) is 5.55. The molecule has 0 amide bonds. The molecule has 0 saturated heterocycles. The van der Waals surface area contributed by atoms with Gasteiger partial charge in [0.2, 0.25) is 0 Å². The van der Waals surface area contributed by atoms with Crippen LogP contribution in [0, 0.1) is 0 Å². The third kappa shape index (κ3) is 3.69. The number of rotatable bonds is 4. The smallest absolute Gasteiger partial charge is 0.134 e. The average molecular weight is 315 g/mol. The molecule has 0 spiro atoms. The largest absolute Gasteiger partial charge is 0.496 e. The van der Waals surface area contributed by atoms with Crippen molar-refractivity contribution in [2.45, 2.75) is 10.6 Å². The molecule has 0 aliphatic carbocycles. The van der Waals surface area contributed by atoms with E-state index in [1.165, 1.54) is 0 Å². The molecule has 0 unspecified atom stereocenters. The number of thioether (sulfide) groups is 1. The first-order valence-electron chi connectivity index (χ1n) is 5.47. The SMILES string of the molecule is COc1cc(N)ccc1SCc1ccc(Cl)nc1Cl. The van der Waals surface area contributed by atoms with Gasteiger partial charge in [-0.3, -0.25) is 0 Å². The van der Waals surface area contributed by atoms with Crippen LogP contribution in [0.2, 0.25) is 10.3 Å². The summed E-state index contributed by atoms with van der Waals surface area (Å²) < 4.78 is 5.29. The number of aromatic nitrogens is 1. The van der Waals surface area contributed by atoms with Crippen LogP contribution in [0.25, 0.3) is 0 Å². The van der Waals surface area contributed by atoms with Crippen molar-refractivity contribution < 1.29 is 4.74 Å². The lowest BCUT2D eigenvalue weighted by molar-refractivity contribution is 0.405. The fourth-order valence-electron chi connectivity index (χ4n) is 1.51. The Balaban J connectivity index is 2.14. The van der Waals surface area contributed by atoms with Gasteiger partial charge in [0.25, 0.3) is 0 Å². The van der Waals surface area contributed by atoms with Gasteiger partial charge in [0, 0.05) is 22.4 Å². The highest BCUT2D eigenvalue weighted by molar-refractivity contribution is 7.98. The monoisotopic (exact) mass is 314 g/mol. The Hall–Kier alpha value is -1.10. The second kappa shape index (κ2) is 6.37. The summed E-state index contributed by atoms with van der Waals surface area (Å²) in [4.78, 5) is 5.01. The molecule has 0 radical (unpaired) electrons. The predicted octanol–water partition coefficient (Wildman–Crippen LogP) is 4.27. The molecule has 0 fully saturated rings. The van der Waals surface area contributed by atoms with Gasteiger partial charge in [0.1, 0.15) is 16.1 Å². The maximum atomic E-state index is 6.03. The summed E-state index contributed by atoms with van der Waals surface area (Å²) >= 11 is 13.4. The molecule has 6 heteroatoms. The van der Waals surface area contributed by atoms with Crippen molar-refractivity contribution in [1.82, 2.24) is 4.98 Å². The van der Waals surface area contributed by atoms with Gasteiger partial charge in [0.05, 0.1) is 7.11 Å². The number of methoxy groups -OCH3 is 1. The van der Waals surface area contributed by atoms with Crippen molar-refractivity contribution in [3.8, 4) is 5.75 Å². The summed E-state index contributed by atoms with van der Waals surface area (Å²) in [6.45, 7) is 0. The lowest BCUT2D eigenvalue weighted by atomic mass is 10.3. The Morgan fingerprint density at radius 3 is 2.74 bits per heavy atom. The Kier molecular flexibility index (Phi) is 4.80. The minimum absolute atomic E-state index is 0.392. The zero-order valence-electron chi connectivity index (χ0n) is 10.2. The van der Waals surface area contributed by atoms with E-state index in [-0.39, 0.29) is 0 Å². The molecule has 0 aliphatic rings. The first kappa shape index (κ1) is 14.3. The van der Waals surface area contributed by atoms with Crippen molar-refractivity contribution in [3.05, 3.63) is 46.2 Å². The van der Waals surface area contributed by atoms with Crippen LogP contribution in [0.5, 0.6) is 5.75 Å². The summed E-state index contributed by atoms with van der Waals surface area (Å²) in [5.41, 5.74) is 7.32. The Labute approximate surface area is 126 Å². The molecule has 0 saturated carbocycles. The van der Waals surface area contributed by atoms with E-state index < -0.39 is 0 Å². The molecule has 0 aliphatic heterocycles. The third-order valence-electron chi connectivity index (χ3n) is 2.46. The molecule has 3 nitrogen and oxygen atoms in total. The highest BCUT2D eigenvalue weighted by Gasteiger charge is 2.07. The second-order valence-electron chi connectivity index (χ2n) is 3.78. The van der Waals surface area contributed by atoms with Gasteiger partial charge >= 0.3 is 0 Å². The van der Waals surface area contributed by atoms with Crippen LogP contribution in [0.4, 0.5) is 5.69 Å². The molecule has 19 heavy (non-hydrogen) atoms. The first-order chi connectivity index (χ1) is 9.10. The predicted molar refractivity (Wildman–Crippen MR) is 81.2 cm³/mol. The molecule has 1 aromatic carbocycles. The Bertz CT molecular complexity index is 593. The summed E-state index contributed by atoms with van der Waals surface area (Å²) in [5, 5.41) is 0.818. The maximum Gasteiger partial charge on any atom is 0.134 e. The zero-order chi connectivity index (χ0) is 13.8. The van der Waals surface area contributed by atoms with Crippen LogP contribution < -0.4 is 10.5 Å². The average Bonchev–Trinajstić information content (AvgIpc) is 2.39. The number of benzene rings is 1. The molecule has 2 rings (SSSR count). The van der Waals surface area contributed by atoms with E-state index in [2.05, 4.69) is 4.98 Å². The maximum absolute atomic E-state index is 6.03. The number of pyridine rings is 1. The van der Waals surface area contributed by atoms with Crippen molar-refractivity contribution in [3.63, 3.8) is 0 Å². The summed E-state index contributed by atoms with van der Waals surface area (Å²) in [6, 6.07) is 9.16. The van der Waals surface area contributed by atoms with E-state index in [0.29, 0.717) is 21.7 Å². The quantitative estimate of drug-likeness (QED) is 0.520. The highest BCUT2D eigenvalue weighted by Crippen LogP contribution is 2.34. The van der Waals surface area contributed by atoms with Crippen molar-refractivity contribution in [2.24, 2.45) is 0 Å². The summed E-state index contributed by atoms with van der Waals surface area (Å²) in [7, 11) is 1.62. The molecular formula is C13H12Cl2N2OS. The van der Waals surface area contributed by atoms with Gasteiger partial charge in [-0.05, 0) is 23.8 Å². The lowest BCUT2D eigenvalue weighted by Crippen LogP contribution is -1.91. The van der Waals surface area contributed by atoms with Crippen LogP contribution >= 0.6 is 35.0 Å². The molecular weight excluding hydrogens is 303 g/mol. The van der Waals surface area contributed by atoms with E-state index >= 15 is 0 Å². The minimum atomic E-state index is 0.392. The van der Waals surface area contributed by atoms with Gasteiger partial charge in [0.15, 0.2) is 0 Å². The van der Waals surface area contributed by atoms with Gasteiger partial charge in [-0.15, -0.1) is 11.8 Å². The number of nitrogens with two attached hydrogens (primary N) is 1. The fraction of sp³-hybridized carbons (Fsp3) is 0.154. The molecule has 2 aromatic rings. The van der Waals surface area contributed by atoms with E-state index in [1.54, 1.807) is 31.0 Å². The lowest BCUT2D eigenvalue weighted by Gasteiger charge is -2.09. The molecule has 1 heterocycles. The number of nitrogens with zero attached hydrogens (tertiary/aromatic N) is 1. The normalized spacial score (nSPS) is 10.5. The van der Waals surface area contributed by atoms with Crippen molar-refractivity contribution >= 4 is 40.7 Å². The van der Waals surface area contributed by atoms with Crippen molar-refractivity contribution in [2.75, 3.05) is 12.8 Å². The van der Waals surface area contributed by atoms with E-state index in [1.807, 2.05) is 18.2 Å². The van der Waals surface area contributed by atoms with Gasteiger partial charge in [-0.1, -0.05) is 29.3 Å². The Morgan fingerprint density at radius 1 is 1.26 bits per heavy atom. The number of halogens is 2. The molecule has 0 bridgehead atoms. The topological polar surface area (TPSA) is 48.1 Å². The molecule has 100 valence electrons. The van der Waals surface area contributed by atoms with Gasteiger partial charge in [-0.2, -0.15) is 0 Å². The van der Waals surface area contributed by atoms with Crippen LogP contribution in [-0.2, 0) is 5.75 Å². The van der Waals surface area contributed by atoms with E-state index in [9.17, 15) is 0 Å². The molecule has 1 aromatic heterocycles. The standard InChI is InChI=1S/C13H12Cl2N2OS/c1-18-10-6-9(16)3-4-11(10)19-7-8-2-5-12(14)17-13(8)15/h2-6H,7,16H2,1H3. The third-order valence-corrected chi connectivity index (χ3v) is 4.10. The summed E-state index contributed by atoms with van der Waals surface area (Å²) in [6.07, 6.45) is 0. The fourth-order valence-corrected chi connectivity index (χ4v) is 2.99. The van der Waals surface area contributed by atoms with Crippen molar-refractivity contribution in [1.29, 1.82) is 0 Å². The van der Waals surface area contributed by atoms with E-state index in [0.717, 1.165) is 16.2 Å². The van der Waals surface area contributed by atoms with Crippen LogP contribution in [0.3, 0.4) is 0 Å². The summed E-state index contributed by atoms with van der Waals surface area (Å²) in [5.74, 6) is 1.44.